The van der Waals surface area contributed by atoms with Crippen molar-refractivity contribution in [1.82, 2.24) is 4.57 Å². The highest BCUT2D eigenvalue weighted by atomic mass is 79.9. The zero-order valence-electron chi connectivity index (χ0n) is 15.2. The number of hydrogen-bond acceptors (Lipinski definition) is 4. The summed E-state index contributed by atoms with van der Waals surface area (Å²) in [6, 6.07) is 14.0. The number of para-hydroxylation sites is 1. The third-order valence-corrected chi connectivity index (χ3v) is 7.12. The van der Waals surface area contributed by atoms with E-state index in [4.69, 9.17) is 0 Å². The van der Waals surface area contributed by atoms with Gasteiger partial charge in [-0.1, -0.05) is 45.5 Å². The van der Waals surface area contributed by atoms with Crippen molar-refractivity contribution in [3.8, 4) is 0 Å². The van der Waals surface area contributed by atoms with E-state index in [1.165, 1.54) is 28.7 Å². The van der Waals surface area contributed by atoms with Crippen LogP contribution < -0.4 is 9.70 Å². The number of thioether (sulfide) groups is 1. The van der Waals surface area contributed by atoms with Crippen LogP contribution in [0.25, 0.3) is 10.2 Å². The van der Waals surface area contributed by atoms with Gasteiger partial charge in [-0.25, -0.2) is 0 Å². The fraction of sp³-hybridized carbons (Fsp3) is 0.250. The average Bonchev–Trinajstić information content (AvgIpc) is 3.23. The van der Waals surface area contributed by atoms with Gasteiger partial charge in [0.2, 0.25) is 5.91 Å². The van der Waals surface area contributed by atoms with E-state index in [0.717, 1.165) is 26.8 Å². The average molecular weight is 476 g/mol. The Morgan fingerprint density at radius 1 is 1.21 bits per heavy atom. The number of aryl methyl sites for hydroxylation is 1. The van der Waals surface area contributed by atoms with E-state index in [0.29, 0.717) is 11.3 Å². The standard InChI is InChI=1S/C20H18BrN3O2S2/c1-23-16-7-6-14(21)10-17(16)28-20(23)22-18(25)11-27-12-19(26)24-9-8-13-4-2-3-5-15(13)24/h2-7,10H,8-9,11-12H2,1H3. The van der Waals surface area contributed by atoms with Crippen LogP contribution in [0.5, 0.6) is 0 Å². The molecular weight excluding hydrogens is 458 g/mol. The highest BCUT2D eigenvalue weighted by Crippen LogP contribution is 2.28. The molecule has 28 heavy (non-hydrogen) atoms. The number of rotatable bonds is 4. The van der Waals surface area contributed by atoms with Gasteiger partial charge in [0.15, 0.2) is 4.80 Å². The molecule has 1 aliphatic rings. The molecule has 1 aliphatic heterocycles. The van der Waals surface area contributed by atoms with E-state index >= 15 is 0 Å². The second-order valence-corrected chi connectivity index (χ2v) is 9.39. The summed E-state index contributed by atoms with van der Waals surface area (Å²) < 4.78 is 3.98. The van der Waals surface area contributed by atoms with Gasteiger partial charge in [0.25, 0.3) is 5.91 Å². The third kappa shape index (κ3) is 3.94. The molecule has 5 nitrogen and oxygen atoms in total. The molecule has 144 valence electrons. The van der Waals surface area contributed by atoms with Crippen LogP contribution in [0.15, 0.2) is 51.9 Å². The lowest BCUT2D eigenvalue weighted by atomic mass is 10.2. The Balaban J connectivity index is 1.38. The summed E-state index contributed by atoms with van der Waals surface area (Å²) in [5.74, 6) is 0.293. The first kappa shape index (κ1) is 19.4. The van der Waals surface area contributed by atoms with Gasteiger partial charge in [-0.05, 0) is 36.2 Å². The fourth-order valence-electron chi connectivity index (χ4n) is 3.25. The SMILES string of the molecule is Cn1c(=NC(=O)CSCC(=O)N2CCc3ccccc32)sc2cc(Br)ccc21. The van der Waals surface area contributed by atoms with Crippen molar-refractivity contribution < 1.29 is 9.59 Å². The molecule has 2 heterocycles. The van der Waals surface area contributed by atoms with Crippen molar-refractivity contribution >= 4 is 66.7 Å². The molecule has 0 spiro atoms. The summed E-state index contributed by atoms with van der Waals surface area (Å²) in [7, 11) is 1.90. The van der Waals surface area contributed by atoms with Gasteiger partial charge in [0, 0.05) is 23.8 Å². The summed E-state index contributed by atoms with van der Waals surface area (Å²) in [6.07, 6.45) is 0.888. The quantitative estimate of drug-likeness (QED) is 0.577. The number of nitrogens with zero attached hydrogens (tertiary/aromatic N) is 3. The summed E-state index contributed by atoms with van der Waals surface area (Å²) in [4.78, 5) is 31.5. The molecule has 8 heteroatoms. The number of thiazole rings is 1. The zero-order valence-corrected chi connectivity index (χ0v) is 18.4. The van der Waals surface area contributed by atoms with Crippen LogP contribution in [0, 0.1) is 0 Å². The topological polar surface area (TPSA) is 54.7 Å². The highest BCUT2D eigenvalue weighted by Gasteiger charge is 2.23. The van der Waals surface area contributed by atoms with Gasteiger partial charge in [-0.3, -0.25) is 9.59 Å². The molecular formula is C20H18BrN3O2S2. The molecule has 0 saturated heterocycles. The molecule has 2 amide bonds. The molecule has 3 aromatic rings. The maximum Gasteiger partial charge on any atom is 0.258 e. The molecule has 0 N–H and O–H groups in total. The number of anilines is 1. The predicted molar refractivity (Wildman–Crippen MR) is 119 cm³/mol. The minimum absolute atomic E-state index is 0.0417. The van der Waals surface area contributed by atoms with E-state index in [1.54, 1.807) is 0 Å². The minimum Gasteiger partial charge on any atom is -0.319 e. The molecule has 0 radical (unpaired) electrons. The van der Waals surface area contributed by atoms with Gasteiger partial charge in [0.1, 0.15) is 0 Å². The first-order valence-electron chi connectivity index (χ1n) is 8.81. The van der Waals surface area contributed by atoms with E-state index in [2.05, 4.69) is 27.0 Å². The Morgan fingerprint density at radius 2 is 2.04 bits per heavy atom. The molecule has 1 aromatic heterocycles. The monoisotopic (exact) mass is 475 g/mol. The summed E-state index contributed by atoms with van der Waals surface area (Å²) >= 11 is 6.26. The Morgan fingerprint density at radius 3 is 2.89 bits per heavy atom. The number of halogens is 1. The number of carbonyl (C=O) groups is 2. The number of amides is 2. The van der Waals surface area contributed by atoms with E-state index < -0.39 is 0 Å². The zero-order chi connectivity index (χ0) is 19.7. The Hall–Kier alpha value is -1.90. The van der Waals surface area contributed by atoms with Crippen LogP contribution in [-0.2, 0) is 23.1 Å². The summed E-state index contributed by atoms with van der Waals surface area (Å²) in [6.45, 7) is 0.713. The molecule has 0 aliphatic carbocycles. The number of fused-ring (bicyclic) bond motifs is 2. The molecule has 0 fully saturated rings. The lowest BCUT2D eigenvalue weighted by molar-refractivity contribution is -0.116. The maximum absolute atomic E-state index is 12.5. The van der Waals surface area contributed by atoms with Gasteiger partial charge >= 0.3 is 0 Å². The fourth-order valence-corrected chi connectivity index (χ4v) is 5.51. The lowest BCUT2D eigenvalue weighted by Gasteiger charge is -2.16. The summed E-state index contributed by atoms with van der Waals surface area (Å²) in [5.41, 5.74) is 3.23. The van der Waals surface area contributed by atoms with Crippen molar-refractivity contribution in [3.63, 3.8) is 0 Å². The Labute approximate surface area is 179 Å². The molecule has 2 aromatic carbocycles. The van der Waals surface area contributed by atoms with Crippen molar-refractivity contribution in [3.05, 3.63) is 57.3 Å². The highest BCUT2D eigenvalue weighted by molar-refractivity contribution is 9.10. The third-order valence-electron chi connectivity index (χ3n) is 4.63. The van der Waals surface area contributed by atoms with E-state index in [1.807, 2.05) is 52.9 Å². The van der Waals surface area contributed by atoms with Crippen molar-refractivity contribution in [2.24, 2.45) is 12.0 Å². The Bertz CT molecular complexity index is 1140. The molecule has 0 saturated carbocycles. The van der Waals surface area contributed by atoms with Gasteiger partial charge in [0.05, 0.1) is 21.7 Å². The van der Waals surface area contributed by atoms with Gasteiger partial charge in [-0.2, -0.15) is 4.99 Å². The maximum atomic E-state index is 12.5. The van der Waals surface area contributed by atoms with Crippen LogP contribution in [0.1, 0.15) is 5.56 Å². The number of benzene rings is 2. The predicted octanol–water partition coefficient (Wildman–Crippen LogP) is 3.75. The number of hydrogen-bond donors (Lipinski definition) is 0. The van der Waals surface area contributed by atoms with E-state index in [9.17, 15) is 9.59 Å². The molecule has 4 rings (SSSR count). The molecule has 0 atom stereocenters. The van der Waals surface area contributed by atoms with Crippen LogP contribution >= 0.6 is 39.0 Å². The summed E-state index contributed by atoms with van der Waals surface area (Å²) in [5, 5.41) is 0. The van der Waals surface area contributed by atoms with Gasteiger partial charge in [-0.15, -0.1) is 11.8 Å². The van der Waals surface area contributed by atoms with Crippen LogP contribution in [0.3, 0.4) is 0 Å². The van der Waals surface area contributed by atoms with Crippen molar-refractivity contribution in [2.75, 3.05) is 23.0 Å². The second-order valence-electron chi connectivity index (χ2n) is 6.48. The minimum atomic E-state index is -0.221. The normalized spacial score (nSPS) is 13.9. The van der Waals surface area contributed by atoms with Crippen LogP contribution in [0.2, 0.25) is 0 Å². The van der Waals surface area contributed by atoms with E-state index in [-0.39, 0.29) is 23.3 Å². The smallest absolute Gasteiger partial charge is 0.258 e. The van der Waals surface area contributed by atoms with Crippen LogP contribution in [0.4, 0.5) is 5.69 Å². The first-order chi connectivity index (χ1) is 13.5. The van der Waals surface area contributed by atoms with Crippen molar-refractivity contribution in [2.45, 2.75) is 6.42 Å². The molecule has 0 unspecified atom stereocenters. The number of aromatic nitrogens is 1. The second kappa shape index (κ2) is 8.23. The number of carbonyl (C=O) groups excluding carboxylic acids is 2. The lowest BCUT2D eigenvalue weighted by Crippen LogP contribution is -2.30. The largest absolute Gasteiger partial charge is 0.319 e. The van der Waals surface area contributed by atoms with Crippen molar-refractivity contribution in [1.29, 1.82) is 0 Å². The van der Waals surface area contributed by atoms with Gasteiger partial charge < -0.3 is 9.47 Å². The van der Waals surface area contributed by atoms with Crippen LogP contribution in [-0.4, -0.2) is 34.4 Å². The molecule has 0 bridgehead atoms. The Kier molecular flexibility index (Phi) is 5.70. The first-order valence-corrected chi connectivity index (χ1v) is 11.6.